The van der Waals surface area contributed by atoms with E-state index in [9.17, 15) is 9.59 Å². The molecule has 3 aromatic rings. The number of carbonyl (C=O) groups is 2. The van der Waals surface area contributed by atoms with Gasteiger partial charge < -0.3 is 15.0 Å². The fraction of sp³-hybridized carbons (Fsp3) is 0.333. The predicted molar refractivity (Wildman–Crippen MR) is 145 cm³/mol. The third-order valence-electron chi connectivity index (χ3n) is 5.90. The van der Waals surface area contributed by atoms with Gasteiger partial charge in [-0.2, -0.15) is 0 Å². The Hall–Kier alpha value is -3.31. The van der Waals surface area contributed by atoms with Crippen LogP contribution in [0.25, 0.3) is 0 Å². The zero-order valence-corrected chi connectivity index (χ0v) is 22.2. The van der Waals surface area contributed by atoms with Crippen molar-refractivity contribution in [2.75, 3.05) is 13.2 Å². The van der Waals surface area contributed by atoms with E-state index >= 15 is 0 Å². The Balaban J connectivity index is 1.90. The van der Waals surface area contributed by atoms with Gasteiger partial charge in [-0.1, -0.05) is 85.6 Å². The van der Waals surface area contributed by atoms with Crippen molar-refractivity contribution in [1.29, 1.82) is 0 Å². The minimum Gasteiger partial charge on any atom is -0.483 e. The highest BCUT2D eigenvalue weighted by Gasteiger charge is 2.30. The first-order valence-corrected chi connectivity index (χ1v) is 12.7. The fourth-order valence-electron chi connectivity index (χ4n) is 3.95. The topological polar surface area (TPSA) is 58.6 Å². The lowest BCUT2D eigenvalue weighted by Gasteiger charge is -2.32. The summed E-state index contributed by atoms with van der Waals surface area (Å²) in [5, 5.41) is 3.64. The molecule has 0 spiro atoms. The number of halogens is 1. The quantitative estimate of drug-likeness (QED) is 0.360. The van der Waals surface area contributed by atoms with Crippen LogP contribution in [-0.2, 0) is 22.6 Å². The van der Waals surface area contributed by atoms with Gasteiger partial charge in [-0.25, -0.2) is 0 Å². The van der Waals surface area contributed by atoms with Crippen LogP contribution in [0.3, 0.4) is 0 Å². The summed E-state index contributed by atoms with van der Waals surface area (Å²) < 4.78 is 5.93. The number of nitrogens with zero attached hydrogens (tertiary/aromatic N) is 1. The van der Waals surface area contributed by atoms with Crippen molar-refractivity contribution in [3.63, 3.8) is 0 Å². The molecule has 0 unspecified atom stereocenters. The van der Waals surface area contributed by atoms with Crippen molar-refractivity contribution < 1.29 is 14.3 Å². The first-order valence-electron chi connectivity index (χ1n) is 12.3. The van der Waals surface area contributed by atoms with Crippen LogP contribution in [0, 0.1) is 19.8 Å². The lowest BCUT2D eigenvalue weighted by molar-refractivity contribution is -0.142. The second kappa shape index (κ2) is 13.1. The Morgan fingerprint density at radius 2 is 1.64 bits per heavy atom. The normalized spacial score (nSPS) is 11.7. The SMILES string of the molecule is Cc1ccc(OCC(=O)N(Cc2ccc(Cl)cc2)[C@@H](Cc2ccccc2)C(=O)NCC(C)C)c(C)c1. The van der Waals surface area contributed by atoms with Crippen LogP contribution in [0.2, 0.25) is 5.02 Å². The molecule has 0 aliphatic heterocycles. The number of benzene rings is 3. The van der Waals surface area contributed by atoms with Crippen molar-refractivity contribution >= 4 is 23.4 Å². The highest BCUT2D eigenvalue weighted by atomic mass is 35.5. The van der Waals surface area contributed by atoms with E-state index in [0.717, 1.165) is 22.3 Å². The number of amides is 2. The number of rotatable bonds is 11. The molecular weight excluding hydrogens is 472 g/mol. The molecule has 6 heteroatoms. The van der Waals surface area contributed by atoms with Crippen molar-refractivity contribution in [2.45, 2.75) is 46.7 Å². The van der Waals surface area contributed by atoms with Gasteiger partial charge in [-0.05, 0) is 54.7 Å². The molecule has 0 aliphatic rings. The van der Waals surface area contributed by atoms with Gasteiger partial charge in [0.2, 0.25) is 5.91 Å². The molecule has 0 heterocycles. The number of nitrogens with one attached hydrogen (secondary N) is 1. The van der Waals surface area contributed by atoms with Crippen LogP contribution < -0.4 is 10.1 Å². The minimum absolute atomic E-state index is 0.166. The summed E-state index contributed by atoms with van der Waals surface area (Å²) in [5.41, 5.74) is 3.95. The molecule has 2 amide bonds. The molecule has 1 N–H and O–H groups in total. The van der Waals surface area contributed by atoms with Crippen LogP contribution in [0.15, 0.2) is 72.8 Å². The third-order valence-corrected chi connectivity index (χ3v) is 6.16. The summed E-state index contributed by atoms with van der Waals surface area (Å²) in [6, 6.07) is 22.2. The molecule has 0 saturated heterocycles. The average Bonchev–Trinajstić information content (AvgIpc) is 2.85. The Morgan fingerprint density at radius 3 is 2.28 bits per heavy atom. The number of hydrogen-bond donors (Lipinski definition) is 1. The molecule has 3 aromatic carbocycles. The van der Waals surface area contributed by atoms with Crippen LogP contribution in [-0.4, -0.2) is 35.9 Å². The van der Waals surface area contributed by atoms with Gasteiger partial charge in [-0.3, -0.25) is 9.59 Å². The van der Waals surface area contributed by atoms with E-state index in [1.807, 2.05) is 88.4 Å². The van der Waals surface area contributed by atoms with Crippen LogP contribution in [0.1, 0.15) is 36.1 Å². The number of hydrogen-bond acceptors (Lipinski definition) is 3. The van der Waals surface area contributed by atoms with E-state index in [2.05, 4.69) is 5.32 Å². The average molecular weight is 507 g/mol. The van der Waals surface area contributed by atoms with Crippen molar-refractivity contribution in [3.8, 4) is 5.75 Å². The second-order valence-electron chi connectivity index (χ2n) is 9.55. The third kappa shape index (κ3) is 8.13. The molecule has 0 bridgehead atoms. The molecule has 0 aliphatic carbocycles. The summed E-state index contributed by atoms with van der Waals surface area (Å²) in [4.78, 5) is 28.7. The van der Waals surface area contributed by atoms with Gasteiger partial charge in [0.1, 0.15) is 11.8 Å². The highest BCUT2D eigenvalue weighted by Crippen LogP contribution is 2.20. The largest absolute Gasteiger partial charge is 0.483 e. The molecule has 5 nitrogen and oxygen atoms in total. The fourth-order valence-corrected chi connectivity index (χ4v) is 4.07. The molecule has 36 heavy (non-hydrogen) atoms. The molecule has 190 valence electrons. The lowest BCUT2D eigenvalue weighted by atomic mass is 10.0. The smallest absolute Gasteiger partial charge is 0.261 e. The zero-order chi connectivity index (χ0) is 26.1. The number of ether oxygens (including phenoxy) is 1. The molecule has 1 atom stereocenters. The van der Waals surface area contributed by atoms with E-state index in [1.165, 1.54) is 0 Å². The van der Waals surface area contributed by atoms with Crippen molar-refractivity contribution in [2.24, 2.45) is 5.92 Å². The van der Waals surface area contributed by atoms with E-state index < -0.39 is 6.04 Å². The molecule has 0 radical (unpaired) electrons. The molecule has 0 aromatic heterocycles. The summed E-state index contributed by atoms with van der Waals surface area (Å²) in [6.07, 6.45) is 0.396. The summed E-state index contributed by atoms with van der Waals surface area (Å²) in [6.45, 7) is 8.68. The van der Waals surface area contributed by atoms with E-state index in [4.69, 9.17) is 16.3 Å². The standard InChI is InChI=1S/C30H35ClN2O3/c1-21(2)18-32-30(35)27(17-24-8-6-5-7-9-24)33(19-25-11-13-26(31)14-12-25)29(34)20-36-28-15-10-22(3)16-23(28)4/h5-16,21,27H,17-20H2,1-4H3,(H,32,35)/t27-/m0/s1. The maximum absolute atomic E-state index is 13.6. The number of carbonyl (C=O) groups excluding carboxylic acids is 2. The van der Waals surface area contributed by atoms with Crippen LogP contribution in [0.5, 0.6) is 5.75 Å². The Bertz CT molecular complexity index is 1150. The highest BCUT2D eigenvalue weighted by molar-refractivity contribution is 6.30. The Labute approximate surface area is 219 Å². The monoisotopic (exact) mass is 506 g/mol. The van der Waals surface area contributed by atoms with Gasteiger partial charge >= 0.3 is 0 Å². The molecular formula is C30H35ClN2O3. The maximum Gasteiger partial charge on any atom is 0.261 e. The first-order chi connectivity index (χ1) is 17.2. The first kappa shape index (κ1) is 27.3. The van der Waals surface area contributed by atoms with Gasteiger partial charge in [-0.15, -0.1) is 0 Å². The second-order valence-corrected chi connectivity index (χ2v) is 9.99. The Kier molecular flexibility index (Phi) is 9.95. The zero-order valence-electron chi connectivity index (χ0n) is 21.5. The predicted octanol–water partition coefficient (Wildman–Crippen LogP) is 5.75. The molecule has 0 fully saturated rings. The summed E-state index contributed by atoms with van der Waals surface area (Å²) >= 11 is 6.08. The van der Waals surface area contributed by atoms with Gasteiger partial charge in [0, 0.05) is 24.5 Å². The lowest BCUT2D eigenvalue weighted by Crippen LogP contribution is -2.52. The summed E-state index contributed by atoms with van der Waals surface area (Å²) in [5.74, 6) is 0.510. The maximum atomic E-state index is 13.6. The van der Waals surface area contributed by atoms with Crippen LogP contribution >= 0.6 is 11.6 Å². The van der Waals surface area contributed by atoms with Crippen molar-refractivity contribution in [1.82, 2.24) is 10.2 Å². The van der Waals surface area contributed by atoms with E-state index in [0.29, 0.717) is 29.7 Å². The Morgan fingerprint density at radius 1 is 0.944 bits per heavy atom. The van der Waals surface area contributed by atoms with Gasteiger partial charge in [0.05, 0.1) is 0 Å². The van der Waals surface area contributed by atoms with Gasteiger partial charge in [0.25, 0.3) is 5.91 Å². The van der Waals surface area contributed by atoms with Crippen LogP contribution in [0.4, 0.5) is 0 Å². The van der Waals surface area contributed by atoms with Gasteiger partial charge in [0.15, 0.2) is 6.61 Å². The minimum atomic E-state index is -0.697. The molecule has 3 rings (SSSR count). The van der Waals surface area contributed by atoms with Crippen molar-refractivity contribution in [3.05, 3.63) is 100 Å². The molecule has 0 saturated carbocycles. The summed E-state index contributed by atoms with van der Waals surface area (Å²) in [7, 11) is 0. The van der Waals surface area contributed by atoms with E-state index in [1.54, 1.807) is 17.0 Å². The van der Waals surface area contributed by atoms with E-state index in [-0.39, 0.29) is 25.0 Å². The number of aryl methyl sites for hydroxylation is 2.